The molecular formula is C17H19N3O. The largest absolute Gasteiger partial charge is 0.423 e. The smallest absolute Gasteiger partial charge is 0.298 e. The average molecular weight is 281 g/mol. The fourth-order valence-electron chi connectivity index (χ4n) is 2.26. The summed E-state index contributed by atoms with van der Waals surface area (Å²) >= 11 is 0. The van der Waals surface area contributed by atoms with Crippen LogP contribution in [-0.4, -0.2) is 26.1 Å². The molecule has 1 heterocycles. The zero-order chi connectivity index (χ0) is 14.8. The standard InChI is InChI=1S/C17H19N3O/c1-19(2)14-10-8-13(9-11-14)12-20(3)17-18-15-6-4-5-7-16(15)21-17/h4-11H,12H2,1-3H3. The fraction of sp³-hybridized carbons (Fsp3) is 0.235. The van der Waals surface area contributed by atoms with Gasteiger partial charge in [0.15, 0.2) is 5.58 Å². The van der Waals surface area contributed by atoms with Gasteiger partial charge in [0, 0.05) is 33.4 Å². The lowest BCUT2D eigenvalue weighted by Gasteiger charge is -2.16. The maximum absolute atomic E-state index is 5.77. The van der Waals surface area contributed by atoms with E-state index in [0.717, 1.165) is 17.6 Å². The minimum absolute atomic E-state index is 0.646. The van der Waals surface area contributed by atoms with Crippen LogP contribution in [0.1, 0.15) is 5.56 Å². The summed E-state index contributed by atoms with van der Waals surface area (Å²) in [5, 5.41) is 0. The highest BCUT2D eigenvalue weighted by Gasteiger charge is 2.10. The van der Waals surface area contributed by atoms with Crippen molar-refractivity contribution < 1.29 is 4.42 Å². The molecule has 0 aliphatic heterocycles. The third kappa shape index (κ3) is 2.84. The van der Waals surface area contributed by atoms with Crippen LogP contribution in [0, 0.1) is 0 Å². The van der Waals surface area contributed by atoms with Crippen molar-refractivity contribution in [1.29, 1.82) is 0 Å². The number of hydrogen-bond donors (Lipinski definition) is 0. The second-order valence-corrected chi connectivity index (χ2v) is 5.38. The Hall–Kier alpha value is -2.49. The summed E-state index contributed by atoms with van der Waals surface area (Å²) in [4.78, 5) is 8.62. The zero-order valence-corrected chi connectivity index (χ0v) is 12.6. The highest BCUT2D eigenvalue weighted by molar-refractivity contribution is 5.74. The third-order valence-corrected chi connectivity index (χ3v) is 3.48. The Bertz CT molecular complexity index is 698. The molecule has 0 saturated heterocycles. The summed E-state index contributed by atoms with van der Waals surface area (Å²) in [5.74, 6) is 0. The number of benzene rings is 2. The number of aromatic nitrogens is 1. The lowest BCUT2D eigenvalue weighted by molar-refractivity contribution is 0.582. The van der Waals surface area contributed by atoms with Crippen molar-refractivity contribution in [3.05, 3.63) is 54.1 Å². The lowest BCUT2D eigenvalue weighted by atomic mass is 10.2. The summed E-state index contributed by atoms with van der Waals surface area (Å²) < 4.78 is 5.77. The SMILES string of the molecule is CN(C)c1ccc(CN(C)c2nc3ccccc3o2)cc1. The molecule has 0 N–H and O–H groups in total. The van der Waals surface area contributed by atoms with Crippen molar-refractivity contribution in [2.24, 2.45) is 0 Å². The molecule has 2 aromatic carbocycles. The van der Waals surface area contributed by atoms with Gasteiger partial charge in [-0.15, -0.1) is 0 Å². The Balaban J connectivity index is 1.77. The predicted molar refractivity (Wildman–Crippen MR) is 86.9 cm³/mol. The van der Waals surface area contributed by atoms with Gasteiger partial charge in [0.1, 0.15) is 5.52 Å². The summed E-state index contributed by atoms with van der Waals surface area (Å²) in [5.41, 5.74) is 4.14. The van der Waals surface area contributed by atoms with Crippen molar-refractivity contribution >= 4 is 22.8 Å². The summed E-state index contributed by atoms with van der Waals surface area (Å²) in [6.07, 6.45) is 0. The van der Waals surface area contributed by atoms with Gasteiger partial charge in [-0.2, -0.15) is 4.98 Å². The Morgan fingerprint density at radius 2 is 1.67 bits per heavy atom. The number of oxazole rings is 1. The van der Waals surface area contributed by atoms with E-state index in [1.54, 1.807) is 0 Å². The van der Waals surface area contributed by atoms with Crippen LogP contribution in [0.3, 0.4) is 0 Å². The zero-order valence-electron chi connectivity index (χ0n) is 12.6. The maximum atomic E-state index is 5.77. The average Bonchev–Trinajstić information content (AvgIpc) is 2.92. The van der Waals surface area contributed by atoms with Gasteiger partial charge in [0.05, 0.1) is 0 Å². The molecule has 4 heteroatoms. The molecule has 3 rings (SSSR count). The van der Waals surface area contributed by atoms with E-state index in [2.05, 4.69) is 34.1 Å². The number of para-hydroxylation sites is 2. The van der Waals surface area contributed by atoms with Gasteiger partial charge in [-0.1, -0.05) is 24.3 Å². The molecule has 0 spiro atoms. The third-order valence-electron chi connectivity index (χ3n) is 3.48. The second kappa shape index (κ2) is 5.48. The van der Waals surface area contributed by atoms with Crippen molar-refractivity contribution in [1.82, 2.24) is 4.98 Å². The Morgan fingerprint density at radius 1 is 0.952 bits per heavy atom. The maximum Gasteiger partial charge on any atom is 0.298 e. The Labute approximate surface area is 124 Å². The number of nitrogens with zero attached hydrogens (tertiary/aromatic N) is 3. The molecular weight excluding hydrogens is 262 g/mol. The van der Waals surface area contributed by atoms with Crippen LogP contribution in [0.25, 0.3) is 11.1 Å². The molecule has 0 aliphatic carbocycles. The van der Waals surface area contributed by atoms with E-state index in [-0.39, 0.29) is 0 Å². The molecule has 0 unspecified atom stereocenters. The van der Waals surface area contributed by atoms with E-state index in [9.17, 15) is 0 Å². The second-order valence-electron chi connectivity index (χ2n) is 5.38. The first-order valence-electron chi connectivity index (χ1n) is 6.96. The highest BCUT2D eigenvalue weighted by Crippen LogP contribution is 2.22. The van der Waals surface area contributed by atoms with Gasteiger partial charge in [-0.25, -0.2) is 0 Å². The van der Waals surface area contributed by atoms with Crippen LogP contribution in [0.4, 0.5) is 11.7 Å². The molecule has 21 heavy (non-hydrogen) atoms. The van der Waals surface area contributed by atoms with Crippen molar-refractivity contribution in [2.75, 3.05) is 30.9 Å². The predicted octanol–water partition coefficient (Wildman–Crippen LogP) is 3.53. The molecule has 0 amide bonds. The highest BCUT2D eigenvalue weighted by atomic mass is 16.4. The first-order valence-corrected chi connectivity index (χ1v) is 6.96. The summed E-state index contributed by atoms with van der Waals surface area (Å²) in [7, 11) is 6.07. The van der Waals surface area contributed by atoms with E-state index in [1.807, 2.05) is 50.3 Å². The molecule has 0 saturated carbocycles. The van der Waals surface area contributed by atoms with Crippen molar-refractivity contribution in [3.63, 3.8) is 0 Å². The number of hydrogen-bond acceptors (Lipinski definition) is 4. The number of anilines is 2. The van der Waals surface area contributed by atoms with Gasteiger partial charge in [0.2, 0.25) is 0 Å². The van der Waals surface area contributed by atoms with Gasteiger partial charge in [0.25, 0.3) is 6.01 Å². The minimum atomic E-state index is 0.646. The van der Waals surface area contributed by atoms with Gasteiger partial charge in [-0.05, 0) is 29.8 Å². The van der Waals surface area contributed by atoms with Crippen LogP contribution < -0.4 is 9.80 Å². The summed E-state index contributed by atoms with van der Waals surface area (Å²) in [6, 6.07) is 17.0. The topological polar surface area (TPSA) is 32.5 Å². The number of fused-ring (bicyclic) bond motifs is 1. The Kier molecular flexibility index (Phi) is 3.52. The monoisotopic (exact) mass is 281 g/mol. The van der Waals surface area contributed by atoms with Crippen molar-refractivity contribution in [3.8, 4) is 0 Å². The van der Waals surface area contributed by atoms with Gasteiger partial charge >= 0.3 is 0 Å². The molecule has 4 nitrogen and oxygen atoms in total. The normalized spacial score (nSPS) is 10.8. The van der Waals surface area contributed by atoms with Gasteiger partial charge < -0.3 is 14.2 Å². The lowest BCUT2D eigenvalue weighted by Crippen LogP contribution is -2.16. The van der Waals surface area contributed by atoms with Crippen molar-refractivity contribution in [2.45, 2.75) is 6.54 Å². The molecule has 0 fully saturated rings. The molecule has 3 aromatic rings. The van der Waals surface area contributed by atoms with Gasteiger partial charge in [-0.3, -0.25) is 0 Å². The van der Waals surface area contributed by atoms with E-state index < -0.39 is 0 Å². The molecule has 0 bridgehead atoms. The van der Waals surface area contributed by atoms with E-state index in [1.165, 1.54) is 11.3 Å². The van der Waals surface area contributed by atoms with Crippen LogP contribution >= 0.6 is 0 Å². The minimum Gasteiger partial charge on any atom is -0.423 e. The fourth-order valence-corrected chi connectivity index (χ4v) is 2.26. The quantitative estimate of drug-likeness (QED) is 0.732. The van der Waals surface area contributed by atoms with Crippen LogP contribution in [0.2, 0.25) is 0 Å². The van der Waals surface area contributed by atoms with E-state index >= 15 is 0 Å². The Morgan fingerprint density at radius 3 is 2.33 bits per heavy atom. The molecule has 1 aromatic heterocycles. The van der Waals surface area contributed by atoms with E-state index in [4.69, 9.17) is 4.42 Å². The summed E-state index contributed by atoms with van der Waals surface area (Å²) in [6.45, 7) is 0.764. The number of rotatable bonds is 4. The molecule has 0 radical (unpaired) electrons. The van der Waals surface area contributed by atoms with Crippen LogP contribution in [0.15, 0.2) is 52.9 Å². The molecule has 108 valence electrons. The van der Waals surface area contributed by atoms with E-state index in [0.29, 0.717) is 6.01 Å². The first-order chi connectivity index (χ1) is 10.1. The molecule has 0 atom stereocenters. The first kappa shape index (κ1) is 13.5. The van der Waals surface area contributed by atoms with Crippen LogP contribution in [0.5, 0.6) is 0 Å². The van der Waals surface area contributed by atoms with Crippen LogP contribution in [-0.2, 0) is 6.54 Å². The molecule has 0 aliphatic rings.